The molecular weight excluding hydrogens is 397 g/mol. The molecule has 2 aromatic heterocycles. The minimum absolute atomic E-state index is 0.0692. The maximum absolute atomic E-state index is 13.0. The van der Waals surface area contributed by atoms with Crippen LogP contribution >= 0.6 is 0 Å². The average Bonchev–Trinajstić information content (AvgIpc) is 3.18. The number of fused-ring (bicyclic) bond motifs is 1. The number of piperidine rings is 1. The highest BCUT2D eigenvalue weighted by molar-refractivity contribution is 5.44. The fourth-order valence-corrected chi connectivity index (χ4v) is 3.65. The average molecular weight is 420 g/mol. The first kappa shape index (κ1) is 20.4. The van der Waals surface area contributed by atoms with E-state index in [2.05, 4.69) is 37.6 Å². The van der Waals surface area contributed by atoms with E-state index in [4.69, 9.17) is 4.74 Å². The van der Waals surface area contributed by atoms with Gasteiger partial charge in [0.25, 0.3) is 5.82 Å². The van der Waals surface area contributed by atoms with Crippen LogP contribution in [0.4, 0.5) is 19.0 Å². The van der Waals surface area contributed by atoms with Gasteiger partial charge in [-0.15, -0.1) is 15.3 Å². The lowest BCUT2D eigenvalue weighted by Gasteiger charge is -2.32. The lowest BCUT2D eigenvalue weighted by molar-refractivity contribution is -0.146. The molecule has 3 aromatic rings. The van der Waals surface area contributed by atoms with Gasteiger partial charge in [0.2, 0.25) is 0 Å². The molecule has 3 heterocycles. The van der Waals surface area contributed by atoms with E-state index in [1.807, 2.05) is 12.1 Å². The number of hydrogen-bond donors (Lipinski definition) is 1. The quantitative estimate of drug-likeness (QED) is 0.659. The molecule has 0 spiro atoms. The normalized spacial score (nSPS) is 16.1. The molecule has 4 rings (SSSR count). The van der Waals surface area contributed by atoms with E-state index in [1.54, 1.807) is 13.2 Å². The molecule has 7 nitrogen and oxygen atoms in total. The van der Waals surface area contributed by atoms with Crippen molar-refractivity contribution in [2.45, 2.75) is 25.6 Å². The van der Waals surface area contributed by atoms with E-state index in [0.29, 0.717) is 18.3 Å². The van der Waals surface area contributed by atoms with Crippen LogP contribution < -0.4 is 10.1 Å². The molecule has 30 heavy (non-hydrogen) atoms. The van der Waals surface area contributed by atoms with E-state index in [9.17, 15) is 13.2 Å². The third kappa shape index (κ3) is 4.64. The zero-order valence-electron chi connectivity index (χ0n) is 16.6. The number of hydrogen-bond acceptors (Lipinski definition) is 6. The second-order valence-electron chi connectivity index (χ2n) is 7.46. The monoisotopic (exact) mass is 420 g/mol. The van der Waals surface area contributed by atoms with E-state index in [-0.39, 0.29) is 5.65 Å². The SMILES string of the molecule is COc1ccc(CN2CCC(CNc3ccc4nnc(C(F)(F)F)n4n3)CC2)cc1. The van der Waals surface area contributed by atoms with Crippen molar-refractivity contribution in [3.8, 4) is 5.75 Å². The molecule has 1 N–H and O–H groups in total. The molecule has 0 saturated carbocycles. The fourth-order valence-electron chi connectivity index (χ4n) is 3.65. The lowest BCUT2D eigenvalue weighted by Crippen LogP contribution is -2.35. The van der Waals surface area contributed by atoms with Crippen LogP contribution in [0.1, 0.15) is 24.2 Å². The molecule has 0 atom stereocenters. The summed E-state index contributed by atoms with van der Waals surface area (Å²) in [5.74, 6) is 0.559. The molecule has 160 valence electrons. The van der Waals surface area contributed by atoms with Crippen molar-refractivity contribution in [2.24, 2.45) is 5.92 Å². The number of anilines is 1. The first-order valence-corrected chi connectivity index (χ1v) is 9.81. The Kier molecular flexibility index (Phi) is 5.76. The Hall–Kier alpha value is -2.88. The number of nitrogens with one attached hydrogen (secondary N) is 1. The van der Waals surface area contributed by atoms with Gasteiger partial charge in [0.15, 0.2) is 5.65 Å². The molecule has 1 aliphatic rings. The highest BCUT2D eigenvalue weighted by atomic mass is 19.4. The van der Waals surface area contributed by atoms with Crippen molar-refractivity contribution in [3.05, 3.63) is 47.8 Å². The third-order valence-electron chi connectivity index (χ3n) is 5.36. The van der Waals surface area contributed by atoms with Gasteiger partial charge in [0.1, 0.15) is 11.6 Å². The summed E-state index contributed by atoms with van der Waals surface area (Å²) in [6.45, 7) is 3.53. The number of alkyl halides is 3. The molecule has 1 aliphatic heterocycles. The van der Waals surface area contributed by atoms with Crippen LogP contribution in [0, 0.1) is 5.92 Å². The van der Waals surface area contributed by atoms with Crippen LogP contribution in [0.15, 0.2) is 36.4 Å². The van der Waals surface area contributed by atoms with Gasteiger partial charge in [0, 0.05) is 13.1 Å². The number of halogens is 3. The number of ether oxygens (including phenoxy) is 1. The van der Waals surface area contributed by atoms with Crippen LogP contribution in [0.2, 0.25) is 0 Å². The highest BCUT2D eigenvalue weighted by Crippen LogP contribution is 2.27. The van der Waals surface area contributed by atoms with Gasteiger partial charge in [-0.2, -0.15) is 17.7 Å². The van der Waals surface area contributed by atoms with E-state index in [0.717, 1.165) is 42.7 Å². The number of rotatable bonds is 6. The molecule has 10 heteroatoms. The number of nitrogens with zero attached hydrogens (tertiary/aromatic N) is 5. The standard InChI is InChI=1S/C20H23F3N6O/c1-30-16-4-2-15(3-5-16)13-28-10-8-14(9-11-28)12-24-17-6-7-18-25-26-19(20(21,22)23)29(18)27-17/h2-7,14H,8-13H2,1H3,(H,24,27). The lowest BCUT2D eigenvalue weighted by atomic mass is 9.96. The summed E-state index contributed by atoms with van der Waals surface area (Å²) in [5, 5.41) is 13.9. The molecule has 0 amide bonds. The molecule has 1 saturated heterocycles. The van der Waals surface area contributed by atoms with Crippen LogP contribution in [0.3, 0.4) is 0 Å². The molecular formula is C20H23F3N6O. The van der Waals surface area contributed by atoms with Gasteiger partial charge in [-0.1, -0.05) is 12.1 Å². The summed E-state index contributed by atoms with van der Waals surface area (Å²) < 4.78 is 44.9. The fraction of sp³-hybridized carbons (Fsp3) is 0.450. The maximum atomic E-state index is 13.0. The predicted octanol–water partition coefficient (Wildman–Crippen LogP) is 3.48. The van der Waals surface area contributed by atoms with Crippen molar-refractivity contribution >= 4 is 11.5 Å². The number of methoxy groups -OCH3 is 1. The Morgan fingerprint density at radius 1 is 1.07 bits per heavy atom. The smallest absolute Gasteiger partial charge is 0.453 e. The number of likely N-dealkylation sites (tertiary alicyclic amines) is 1. The van der Waals surface area contributed by atoms with Crippen molar-refractivity contribution in [1.29, 1.82) is 0 Å². The molecule has 0 unspecified atom stereocenters. The van der Waals surface area contributed by atoms with E-state index < -0.39 is 12.0 Å². The topological polar surface area (TPSA) is 67.6 Å². The van der Waals surface area contributed by atoms with Gasteiger partial charge in [-0.05, 0) is 61.7 Å². The molecule has 1 aromatic carbocycles. The largest absolute Gasteiger partial charge is 0.497 e. The van der Waals surface area contributed by atoms with E-state index in [1.165, 1.54) is 11.6 Å². The Balaban J connectivity index is 1.29. The first-order valence-electron chi connectivity index (χ1n) is 9.81. The molecule has 0 radical (unpaired) electrons. The van der Waals surface area contributed by atoms with Crippen LogP contribution in [-0.4, -0.2) is 51.5 Å². The minimum atomic E-state index is -4.60. The maximum Gasteiger partial charge on any atom is 0.453 e. The molecule has 0 bridgehead atoms. The van der Waals surface area contributed by atoms with Gasteiger partial charge in [-0.3, -0.25) is 4.90 Å². The van der Waals surface area contributed by atoms with Gasteiger partial charge in [0.05, 0.1) is 7.11 Å². The van der Waals surface area contributed by atoms with Crippen molar-refractivity contribution in [1.82, 2.24) is 24.7 Å². The van der Waals surface area contributed by atoms with Crippen LogP contribution in [-0.2, 0) is 12.7 Å². The Morgan fingerprint density at radius 3 is 2.47 bits per heavy atom. The summed E-state index contributed by atoms with van der Waals surface area (Å²) >= 11 is 0. The summed E-state index contributed by atoms with van der Waals surface area (Å²) in [6.07, 6.45) is -2.56. The predicted molar refractivity (Wildman–Crippen MR) is 105 cm³/mol. The van der Waals surface area contributed by atoms with Crippen molar-refractivity contribution in [2.75, 3.05) is 32.1 Å². The number of aromatic nitrogens is 4. The zero-order chi connectivity index (χ0) is 21.1. The second kappa shape index (κ2) is 8.47. The van der Waals surface area contributed by atoms with Crippen molar-refractivity contribution < 1.29 is 17.9 Å². The Labute approximate surface area is 171 Å². The van der Waals surface area contributed by atoms with Gasteiger partial charge in [-0.25, -0.2) is 0 Å². The Morgan fingerprint density at radius 2 is 1.80 bits per heavy atom. The third-order valence-corrected chi connectivity index (χ3v) is 5.36. The first-order chi connectivity index (χ1) is 14.4. The molecule has 1 fully saturated rings. The second-order valence-corrected chi connectivity index (χ2v) is 7.46. The van der Waals surface area contributed by atoms with E-state index >= 15 is 0 Å². The molecule has 0 aliphatic carbocycles. The summed E-state index contributed by atoms with van der Waals surface area (Å²) in [5.41, 5.74) is 1.32. The zero-order valence-corrected chi connectivity index (χ0v) is 16.6. The van der Waals surface area contributed by atoms with Crippen LogP contribution in [0.5, 0.6) is 5.75 Å². The highest BCUT2D eigenvalue weighted by Gasteiger charge is 2.37. The van der Waals surface area contributed by atoms with Gasteiger partial charge < -0.3 is 10.1 Å². The van der Waals surface area contributed by atoms with Crippen LogP contribution in [0.25, 0.3) is 5.65 Å². The van der Waals surface area contributed by atoms with Gasteiger partial charge >= 0.3 is 6.18 Å². The summed E-state index contributed by atoms with van der Waals surface area (Å²) in [4.78, 5) is 2.41. The summed E-state index contributed by atoms with van der Waals surface area (Å²) in [7, 11) is 1.66. The summed E-state index contributed by atoms with van der Waals surface area (Å²) in [6, 6.07) is 11.2. The Bertz CT molecular complexity index is 980. The van der Waals surface area contributed by atoms with Crippen molar-refractivity contribution in [3.63, 3.8) is 0 Å². The number of benzene rings is 1. The minimum Gasteiger partial charge on any atom is -0.497 e.